The molecule has 0 aliphatic carbocycles. The molecule has 0 saturated heterocycles. The highest BCUT2D eigenvalue weighted by Gasteiger charge is 2.19. The van der Waals surface area contributed by atoms with Crippen LogP contribution in [0.1, 0.15) is 50.8 Å². The molecule has 1 atom stereocenters. The summed E-state index contributed by atoms with van der Waals surface area (Å²) >= 11 is 1.76. The summed E-state index contributed by atoms with van der Waals surface area (Å²) in [6, 6.07) is 3.77. The molecular weight excluding hydrogens is 258 g/mol. The van der Waals surface area contributed by atoms with E-state index in [9.17, 15) is 9.90 Å². The molecular formula is C15H25NO2S. The smallest absolute Gasteiger partial charge is 0.320 e. The van der Waals surface area contributed by atoms with Crippen molar-refractivity contribution in [3.63, 3.8) is 0 Å². The number of thiophene rings is 1. The molecule has 1 heterocycles. The summed E-state index contributed by atoms with van der Waals surface area (Å²) in [7, 11) is 0. The molecule has 1 aromatic heterocycles. The van der Waals surface area contributed by atoms with E-state index in [1.54, 1.807) is 11.3 Å². The SMILES string of the molecule is CC(C)C[C@H](NCc1ccc(C(C)(C)C)s1)C(=O)O. The van der Waals surface area contributed by atoms with Crippen molar-refractivity contribution in [3.8, 4) is 0 Å². The molecule has 3 nitrogen and oxygen atoms in total. The second kappa shape index (κ2) is 6.53. The highest BCUT2D eigenvalue weighted by molar-refractivity contribution is 7.12. The van der Waals surface area contributed by atoms with Crippen LogP contribution < -0.4 is 5.32 Å². The highest BCUT2D eigenvalue weighted by Crippen LogP contribution is 2.29. The Kier molecular flexibility index (Phi) is 5.56. The van der Waals surface area contributed by atoms with Crippen molar-refractivity contribution < 1.29 is 9.90 Å². The molecule has 0 bridgehead atoms. The molecule has 0 saturated carbocycles. The van der Waals surface area contributed by atoms with Crippen molar-refractivity contribution in [2.24, 2.45) is 5.92 Å². The van der Waals surface area contributed by atoms with E-state index in [2.05, 4.69) is 38.2 Å². The van der Waals surface area contributed by atoms with Gasteiger partial charge in [-0.2, -0.15) is 0 Å². The van der Waals surface area contributed by atoms with Crippen molar-refractivity contribution in [1.29, 1.82) is 0 Å². The summed E-state index contributed by atoms with van der Waals surface area (Å²) in [5.41, 5.74) is 0.160. The predicted molar refractivity (Wildman–Crippen MR) is 80.7 cm³/mol. The number of nitrogens with one attached hydrogen (secondary N) is 1. The summed E-state index contributed by atoms with van der Waals surface area (Å²) in [5.74, 6) is -0.386. The van der Waals surface area contributed by atoms with E-state index in [1.807, 2.05) is 13.8 Å². The lowest BCUT2D eigenvalue weighted by Gasteiger charge is -2.16. The van der Waals surface area contributed by atoms with Gasteiger partial charge < -0.3 is 5.11 Å². The number of carboxylic acids is 1. The molecule has 0 aliphatic heterocycles. The highest BCUT2D eigenvalue weighted by atomic mass is 32.1. The van der Waals surface area contributed by atoms with Crippen LogP contribution in [-0.2, 0) is 16.8 Å². The summed E-state index contributed by atoms with van der Waals surface area (Å²) in [6.45, 7) is 11.3. The Morgan fingerprint density at radius 1 is 1.37 bits per heavy atom. The minimum absolute atomic E-state index is 0.160. The van der Waals surface area contributed by atoms with Gasteiger partial charge in [0.05, 0.1) is 0 Å². The average Bonchev–Trinajstić information content (AvgIpc) is 2.71. The zero-order valence-corrected chi connectivity index (χ0v) is 13.3. The van der Waals surface area contributed by atoms with Gasteiger partial charge in [0.2, 0.25) is 0 Å². The second-order valence-electron chi connectivity index (χ2n) is 6.42. The van der Waals surface area contributed by atoms with E-state index in [0.717, 1.165) is 0 Å². The maximum atomic E-state index is 11.2. The Bertz CT molecular complexity index is 418. The van der Waals surface area contributed by atoms with Gasteiger partial charge in [-0.05, 0) is 29.9 Å². The minimum atomic E-state index is -0.763. The molecule has 0 spiro atoms. The molecule has 4 heteroatoms. The van der Waals surface area contributed by atoms with Crippen LogP contribution in [0.15, 0.2) is 12.1 Å². The Hall–Kier alpha value is -0.870. The zero-order chi connectivity index (χ0) is 14.6. The molecule has 0 amide bonds. The quantitative estimate of drug-likeness (QED) is 0.838. The van der Waals surface area contributed by atoms with Crippen LogP contribution in [0.4, 0.5) is 0 Å². The van der Waals surface area contributed by atoms with Gasteiger partial charge in [-0.15, -0.1) is 11.3 Å². The second-order valence-corrected chi connectivity index (χ2v) is 7.59. The Morgan fingerprint density at radius 2 is 2.00 bits per heavy atom. The van der Waals surface area contributed by atoms with E-state index in [4.69, 9.17) is 0 Å². The molecule has 2 N–H and O–H groups in total. The van der Waals surface area contributed by atoms with Gasteiger partial charge in [-0.25, -0.2) is 0 Å². The van der Waals surface area contributed by atoms with Crippen LogP contribution in [0.3, 0.4) is 0 Å². The molecule has 0 unspecified atom stereocenters. The Morgan fingerprint density at radius 3 is 2.42 bits per heavy atom. The van der Waals surface area contributed by atoms with Crippen molar-refractivity contribution >= 4 is 17.3 Å². The molecule has 0 fully saturated rings. The monoisotopic (exact) mass is 283 g/mol. The first kappa shape index (κ1) is 16.2. The van der Waals surface area contributed by atoms with Crippen molar-refractivity contribution in [3.05, 3.63) is 21.9 Å². The van der Waals surface area contributed by atoms with E-state index >= 15 is 0 Å². The van der Waals surface area contributed by atoms with Crippen LogP contribution in [0.5, 0.6) is 0 Å². The summed E-state index contributed by atoms with van der Waals surface area (Å²) in [5, 5.41) is 12.3. The van der Waals surface area contributed by atoms with Crippen LogP contribution in [0.25, 0.3) is 0 Å². The van der Waals surface area contributed by atoms with Gasteiger partial charge in [0.1, 0.15) is 6.04 Å². The fraction of sp³-hybridized carbons (Fsp3) is 0.667. The first-order chi connectivity index (χ1) is 8.70. The lowest BCUT2D eigenvalue weighted by Crippen LogP contribution is -2.37. The largest absolute Gasteiger partial charge is 0.480 e. The van der Waals surface area contributed by atoms with Gasteiger partial charge in [0, 0.05) is 16.3 Å². The molecule has 1 rings (SSSR count). The zero-order valence-electron chi connectivity index (χ0n) is 12.5. The number of rotatable bonds is 6. The Balaban J connectivity index is 2.60. The lowest BCUT2D eigenvalue weighted by molar-refractivity contribution is -0.140. The number of carbonyl (C=O) groups is 1. The number of hydrogen-bond acceptors (Lipinski definition) is 3. The van der Waals surface area contributed by atoms with Gasteiger partial charge in [0.25, 0.3) is 0 Å². The summed E-state index contributed by atoms with van der Waals surface area (Å²) in [6.07, 6.45) is 0.660. The summed E-state index contributed by atoms with van der Waals surface area (Å²) in [4.78, 5) is 13.7. The first-order valence-corrected chi connectivity index (χ1v) is 7.57. The number of aliphatic carboxylic acids is 1. The third-order valence-electron chi connectivity index (χ3n) is 2.93. The van der Waals surface area contributed by atoms with Crippen LogP contribution in [0.2, 0.25) is 0 Å². The molecule has 0 aliphatic rings. The van der Waals surface area contributed by atoms with E-state index in [0.29, 0.717) is 18.9 Å². The maximum absolute atomic E-state index is 11.2. The predicted octanol–water partition coefficient (Wildman–Crippen LogP) is 3.63. The third kappa shape index (κ3) is 5.33. The number of carboxylic acid groups (broad SMARTS) is 1. The topological polar surface area (TPSA) is 49.3 Å². The molecule has 108 valence electrons. The maximum Gasteiger partial charge on any atom is 0.320 e. The fourth-order valence-electron chi connectivity index (χ4n) is 1.84. The van der Waals surface area contributed by atoms with Gasteiger partial charge >= 0.3 is 5.97 Å². The van der Waals surface area contributed by atoms with Gasteiger partial charge in [-0.1, -0.05) is 34.6 Å². The van der Waals surface area contributed by atoms with Crippen LogP contribution >= 0.6 is 11.3 Å². The third-order valence-corrected chi connectivity index (χ3v) is 4.44. The van der Waals surface area contributed by atoms with Gasteiger partial charge in [-0.3, -0.25) is 10.1 Å². The minimum Gasteiger partial charge on any atom is -0.480 e. The van der Waals surface area contributed by atoms with E-state index in [-0.39, 0.29) is 5.41 Å². The average molecular weight is 283 g/mol. The van der Waals surface area contributed by atoms with Crippen molar-refractivity contribution in [2.45, 2.75) is 59.0 Å². The van der Waals surface area contributed by atoms with Gasteiger partial charge in [0.15, 0.2) is 0 Å². The summed E-state index contributed by atoms with van der Waals surface area (Å²) < 4.78 is 0. The molecule has 1 aromatic rings. The standard InChI is InChI=1S/C15H25NO2S/c1-10(2)8-12(14(17)18)16-9-11-6-7-13(19-11)15(3,4)5/h6-7,10,12,16H,8-9H2,1-5H3,(H,17,18)/t12-/m0/s1. The number of hydrogen-bond donors (Lipinski definition) is 2. The lowest BCUT2D eigenvalue weighted by atomic mass is 9.95. The first-order valence-electron chi connectivity index (χ1n) is 6.75. The normalized spacial score (nSPS) is 13.8. The molecule has 0 radical (unpaired) electrons. The van der Waals surface area contributed by atoms with E-state index < -0.39 is 12.0 Å². The van der Waals surface area contributed by atoms with Crippen molar-refractivity contribution in [2.75, 3.05) is 0 Å². The Labute approximate surface area is 120 Å². The van der Waals surface area contributed by atoms with Crippen LogP contribution in [0, 0.1) is 5.92 Å². The van der Waals surface area contributed by atoms with Crippen molar-refractivity contribution in [1.82, 2.24) is 5.32 Å². The van der Waals surface area contributed by atoms with E-state index in [1.165, 1.54) is 9.75 Å². The molecule has 0 aromatic carbocycles. The molecule has 19 heavy (non-hydrogen) atoms. The fourth-order valence-corrected chi connectivity index (χ4v) is 2.86. The van der Waals surface area contributed by atoms with Crippen LogP contribution in [-0.4, -0.2) is 17.1 Å².